The van der Waals surface area contributed by atoms with Gasteiger partial charge in [0.05, 0.1) is 25.2 Å². The molecule has 0 radical (unpaired) electrons. The SMILES string of the molecule is N=C1/C(=C/c2ccc(OC(=O)c3cccs3)cc2)C(=O)N=C2SC(CC(=O)N3CCOCC3)=NN12. The van der Waals surface area contributed by atoms with Crippen LogP contribution in [0.15, 0.2) is 57.4 Å². The second kappa shape index (κ2) is 9.94. The maximum absolute atomic E-state index is 12.6. The minimum absolute atomic E-state index is 0.0715. The Kier molecular flexibility index (Phi) is 6.57. The highest BCUT2D eigenvalue weighted by molar-refractivity contribution is 8.27. The van der Waals surface area contributed by atoms with Gasteiger partial charge in [-0.3, -0.25) is 15.0 Å². The summed E-state index contributed by atoms with van der Waals surface area (Å²) >= 11 is 2.41. The summed E-state index contributed by atoms with van der Waals surface area (Å²) < 4.78 is 10.6. The van der Waals surface area contributed by atoms with Crippen molar-refractivity contribution in [2.24, 2.45) is 10.1 Å². The lowest BCUT2D eigenvalue weighted by atomic mass is 10.1. The van der Waals surface area contributed by atoms with Crippen LogP contribution in [0.5, 0.6) is 5.75 Å². The third kappa shape index (κ3) is 5.09. The minimum Gasteiger partial charge on any atom is -0.422 e. The number of amides is 2. The van der Waals surface area contributed by atoms with Crippen LogP contribution >= 0.6 is 23.1 Å². The summed E-state index contributed by atoms with van der Waals surface area (Å²) in [6.45, 7) is 2.09. The molecule has 1 N–H and O–H groups in total. The number of thiophene rings is 1. The van der Waals surface area contributed by atoms with Crippen LogP contribution in [0, 0.1) is 5.41 Å². The van der Waals surface area contributed by atoms with Crippen molar-refractivity contribution in [3.63, 3.8) is 0 Å². The maximum Gasteiger partial charge on any atom is 0.353 e. The molecular formula is C23H19N5O5S2. The number of hydrazone groups is 1. The molecule has 3 aliphatic rings. The number of morpholine rings is 1. The van der Waals surface area contributed by atoms with Crippen molar-refractivity contribution in [1.82, 2.24) is 9.91 Å². The van der Waals surface area contributed by atoms with Crippen LogP contribution < -0.4 is 4.74 Å². The predicted octanol–water partition coefficient (Wildman–Crippen LogP) is 2.84. The van der Waals surface area contributed by atoms with Gasteiger partial charge in [0.1, 0.15) is 15.7 Å². The number of hydrogen-bond acceptors (Lipinski definition) is 9. The number of benzene rings is 1. The van der Waals surface area contributed by atoms with Crippen LogP contribution in [0.3, 0.4) is 0 Å². The van der Waals surface area contributed by atoms with Crippen molar-refractivity contribution >= 4 is 63.0 Å². The Morgan fingerprint density at radius 1 is 1.17 bits per heavy atom. The fraction of sp³-hybridized carbons (Fsp3) is 0.217. The summed E-state index contributed by atoms with van der Waals surface area (Å²) in [4.78, 5) is 43.5. The van der Waals surface area contributed by atoms with E-state index < -0.39 is 11.9 Å². The van der Waals surface area contributed by atoms with Gasteiger partial charge >= 0.3 is 5.97 Å². The molecule has 35 heavy (non-hydrogen) atoms. The molecule has 178 valence electrons. The van der Waals surface area contributed by atoms with E-state index in [1.54, 1.807) is 46.7 Å². The number of carbonyl (C=O) groups excluding carboxylic acids is 3. The zero-order valence-corrected chi connectivity index (χ0v) is 19.9. The molecule has 0 bridgehead atoms. The second-order valence-corrected chi connectivity index (χ2v) is 9.61. The average molecular weight is 510 g/mol. The van der Waals surface area contributed by atoms with Gasteiger partial charge in [-0.05, 0) is 47.0 Å². The highest BCUT2D eigenvalue weighted by Crippen LogP contribution is 2.30. The summed E-state index contributed by atoms with van der Waals surface area (Å²) in [7, 11) is 0. The highest BCUT2D eigenvalue weighted by Gasteiger charge is 2.36. The lowest BCUT2D eigenvalue weighted by molar-refractivity contribution is -0.133. The van der Waals surface area contributed by atoms with Crippen LogP contribution in [-0.2, 0) is 14.3 Å². The van der Waals surface area contributed by atoms with Crippen LogP contribution in [0.4, 0.5) is 0 Å². The first-order chi connectivity index (χ1) is 17.0. The smallest absolute Gasteiger partial charge is 0.353 e. The molecule has 0 aliphatic carbocycles. The van der Waals surface area contributed by atoms with Crippen molar-refractivity contribution in [2.75, 3.05) is 26.3 Å². The summed E-state index contributed by atoms with van der Waals surface area (Å²) in [5.74, 6) is -0.823. The Morgan fingerprint density at radius 3 is 2.66 bits per heavy atom. The van der Waals surface area contributed by atoms with E-state index in [9.17, 15) is 14.4 Å². The first-order valence-corrected chi connectivity index (χ1v) is 12.4. The molecule has 10 nitrogen and oxygen atoms in total. The molecule has 5 rings (SSSR count). The molecule has 2 aromatic rings. The summed E-state index contributed by atoms with van der Waals surface area (Å²) in [6, 6.07) is 10.0. The van der Waals surface area contributed by atoms with Crippen molar-refractivity contribution in [1.29, 1.82) is 5.41 Å². The number of esters is 1. The summed E-state index contributed by atoms with van der Waals surface area (Å²) in [5, 5.41) is 16.7. The third-order valence-corrected chi connectivity index (χ3v) is 7.04. The Bertz CT molecular complexity index is 1280. The Balaban J connectivity index is 1.27. The number of fused-ring (bicyclic) bond motifs is 1. The topological polar surface area (TPSA) is 125 Å². The molecule has 0 unspecified atom stereocenters. The predicted molar refractivity (Wildman–Crippen MR) is 133 cm³/mol. The lowest BCUT2D eigenvalue weighted by Crippen LogP contribution is -2.41. The van der Waals surface area contributed by atoms with Gasteiger partial charge in [-0.25, -0.2) is 4.79 Å². The second-order valence-electron chi connectivity index (χ2n) is 7.62. The van der Waals surface area contributed by atoms with Crippen molar-refractivity contribution in [3.8, 4) is 5.75 Å². The van der Waals surface area contributed by atoms with Gasteiger partial charge in [-0.1, -0.05) is 18.2 Å². The van der Waals surface area contributed by atoms with E-state index >= 15 is 0 Å². The van der Waals surface area contributed by atoms with Crippen LogP contribution in [0.1, 0.15) is 21.7 Å². The van der Waals surface area contributed by atoms with Gasteiger partial charge < -0.3 is 14.4 Å². The van der Waals surface area contributed by atoms with Crippen LogP contribution in [-0.4, -0.2) is 70.0 Å². The number of hydrogen-bond donors (Lipinski definition) is 1. The maximum atomic E-state index is 12.6. The van der Waals surface area contributed by atoms with E-state index in [0.717, 1.165) is 11.8 Å². The number of aliphatic imine (C=N–C) groups is 1. The third-order valence-electron chi connectivity index (χ3n) is 5.29. The largest absolute Gasteiger partial charge is 0.422 e. The molecule has 0 spiro atoms. The first kappa shape index (κ1) is 23.1. The number of rotatable bonds is 5. The number of carbonyl (C=O) groups is 3. The van der Waals surface area contributed by atoms with Gasteiger partial charge in [0.15, 0.2) is 5.84 Å². The Labute approximate surface area is 208 Å². The zero-order chi connectivity index (χ0) is 24.4. The lowest BCUT2D eigenvalue weighted by Gasteiger charge is -2.26. The average Bonchev–Trinajstić information content (AvgIpc) is 3.54. The Morgan fingerprint density at radius 2 is 1.94 bits per heavy atom. The van der Waals surface area contributed by atoms with Crippen LogP contribution in [0.2, 0.25) is 0 Å². The van der Waals surface area contributed by atoms with Crippen molar-refractivity contribution < 1.29 is 23.9 Å². The zero-order valence-electron chi connectivity index (χ0n) is 18.3. The minimum atomic E-state index is -0.557. The van der Waals surface area contributed by atoms with Gasteiger partial charge in [0.2, 0.25) is 11.1 Å². The van der Waals surface area contributed by atoms with E-state index in [4.69, 9.17) is 14.9 Å². The van der Waals surface area contributed by atoms with E-state index in [1.165, 1.54) is 22.4 Å². The number of nitrogens with one attached hydrogen (secondary N) is 1. The molecule has 1 saturated heterocycles. The van der Waals surface area contributed by atoms with Crippen LogP contribution in [0.25, 0.3) is 6.08 Å². The van der Waals surface area contributed by atoms with E-state index in [1.807, 2.05) is 0 Å². The number of amidine groups is 2. The molecule has 1 aromatic heterocycles. The fourth-order valence-corrected chi connectivity index (χ4v) is 4.98. The molecule has 2 amide bonds. The van der Waals surface area contributed by atoms with Gasteiger partial charge in [0.25, 0.3) is 5.91 Å². The van der Waals surface area contributed by atoms with Crippen molar-refractivity contribution in [2.45, 2.75) is 6.42 Å². The normalized spacial score (nSPS) is 18.9. The molecule has 12 heteroatoms. The Hall–Kier alpha value is -3.61. The number of nitrogens with zero attached hydrogens (tertiary/aromatic N) is 4. The molecule has 1 fully saturated rings. The quantitative estimate of drug-likeness (QED) is 0.373. The van der Waals surface area contributed by atoms with Gasteiger partial charge in [-0.15, -0.1) is 11.3 Å². The summed E-state index contributed by atoms with van der Waals surface area (Å²) in [6.07, 6.45) is 1.61. The van der Waals surface area contributed by atoms with Crippen molar-refractivity contribution in [3.05, 3.63) is 57.8 Å². The molecule has 4 heterocycles. The molecular weight excluding hydrogens is 490 g/mol. The van der Waals surface area contributed by atoms with E-state index in [2.05, 4.69) is 10.1 Å². The highest BCUT2D eigenvalue weighted by atomic mass is 32.2. The van der Waals surface area contributed by atoms with Gasteiger partial charge in [-0.2, -0.15) is 15.1 Å². The summed E-state index contributed by atoms with van der Waals surface area (Å²) in [5.41, 5.74) is 0.702. The molecule has 0 atom stereocenters. The molecule has 1 aromatic carbocycles. The monoisotopic (exact) mass is 509 g/mol. The number of thioether (sulfide) groups is 1. The number of ether oxygens (including phenoxy) is 2. The van der Waals surface area contributed by atoms with E-state index in [0.29, 0.717) is 47.5 Å². The molecule has 0 saturated carbocycles. The van der Waals surface area contributed by atoms with Gasteiger partial charge in [0, 0.05) is 13.1 Å². The standard InChI is InChI=1S/C23H19N5O5S2/c24-20-16(12-14-3-5-15(6-4-14)33-22(31)17-2-1-11-34-17)21(30)25-23-28(20)26-18(35-23)13-19(29)27-7-9-32-10-8-27/h1-6,11-12,24H,7-10,13H2/b16-12-,24-20?. The van der Waals surface area contributed by atoms with E-state index in [-0.39, 0.29) is 28.9 Å². The first-order valence-electron chi connectivity index (χ1n) is 10.7. The fourth-order valence-electron chi connectivity index (χ4n) is 3.51. The molecule has 3 aliphatic heterocycles.